The number of nitrogens with one attached hydrogen (secondary N) is 1. The summed E-state index contributed by atoms with van der Waals surface area (Å²) in [5, 5.41) is 13.3. The zero-order valence-electron chi connectivity index (χ0n) is 14.0. The Labute approximate surface area is 142 Å². The van der Waals surface area contributed by atoms with Crippen molar-refractivity contribution in [3.8, 4) is 5.75 Å². The minimum atomic E-state index is -0.767. The number of likely N-dealkylation sites (tertiary alicyclic amines) is 1. The van der Waals surface area contributed by atoms with Gasteiger partial charge < -0.3 is 20.1 Å². The molecular weight excluding hydrogens is 311 g/mol. The van der Waals surface area contributed by atoms with Crippen LogP contribution in [-0.4, -0.2) is 55.4 Å². The molecule has 0 spiro atoms. The number of unbranched alkanes of at least 4 members (excludes halogenated alkanes) is 1. The van der Waals surface area contributed by atoms with E-state index in [4.69, 9.17) is 4.74 Å². The van der Waals surface area contributed by atoms with Crippen LogP contribution in [0.15, 0.2) is 24.3 Å². The molecule has 1 heterocycles. The van der Waals surface area contributed by atoms with Gasteiger partial charge in [0.15, 0.2) is 0 Å². The summed E-state index contributed by atoms with van der Waals surface area (Å²) in [6.45, 7) is 2.82. The SMILES string of the molecule is O=CN[C@H](CN1CCCC1)[C@H](O)c1ccc(OCCCCF)cc1. The lowest BCUT2D eigenvalue weighted by Gasteiger charge is -2.27. The van der Waals surface area contributed by atoms with Gasteiger partial charge in [0.1, 0.15) is 11.9 Å². The summed E-state index contributed by atoms with van der Waals surface area (Å²) in [6, 6.07) is 6.86. The smallest absolute Gasteiger partial charge is 0.207 e. The minimum Gasteiger partial charge on any atom is -0.494 e. The number of aliphatic hydroxyl groups is 1. The zero-order chi connectivity index (χ0) is 17.2. The molecule has 2 rings (SSSR count). The molecule has 0 saturated carbocycles. The summed E-state index contributed by atoms with van der Waals surface area (Å²) >= 11 is 0. The number of hydrogen-bond donors (Lipinski definition) is 2. The predicted molar refractivity (Wildman–Crippen MR) is 90.8 cm³/mol. The Bertz CT molecular complexity index is 478. The van der Waals surface area contributed by atoms with E-state index in [0.717, 1.165) is 18.7 Å². The highest BCUT2D eigenvalue weighted by Crippen LogP contribution is 2.22. The molecule has 0 radical (unpaired) electrons. The fourth-order valence-electron chi connectivity index (χ4n) is 2.95. The molecule has 1 amide bonds. The van der Waals surface area contributed by atoms with Crippen LogP contribution in [0.4, 0.5) is 4.39 Å². The third-order valence-corrected chi connectivity index (χ3v) is 4.34. The molecule has 134 valence electrons. The normalized spacial score (nSPS) is 17.4. The highest BCUT2D eigenvalue weighted by atomic mass is 19.1. The van der Waals surface area contributed by atoms with Crippen molar-refractivity contribution in [1.82, 2.24) is 10.2 Å². The number of amides is 1. The number of benzene rings is 1. The molecule has 1 fully saturated rings. The average molecular weight is 338 g/mol. The lowest BCUT2D eigenvalue weighted by molar-refractivity contribution is -0.111. The zero-order valence-corrected chi connectivity index (χ0v) is 14.0. The summed E-state index contributed by atoms with van der Waals surface area (Å²) in [5.74, 6) is 0.698. The van der Waals surface area contributed by atoms with Crippen LogP contribution in [-0.2, 0) is 4.79 Å². The first-order valence-corrected chi connectivity index (χ1v) is 8.63. The number of nitrogens with zero attached hydrogens (tertiary/aromatic N) is 1. The van der Waals surface area contributed by atoms with Crippen LogP contribution >= 0.6 is 0 Å². The molecule has 1 aliphatic heterocycles. The summed E-state index contributed by atoms with van der Waals surface area (Å²) in [6.07, 6.45) is 3.40. The molecule has 5 nitrogen and oxygen atoms in total. The van der Waals surface area contributed by atoms with Crippen LogP contribution in [0, 0.1) is 0 Å². The van der Waals surface area contributed by atoms with E-state index in [9.17, 15) is 14.3 Å². The van der Waals surface area contributed by atoms with Crippen molar-refractivity contribution in [3.63, 3.8) is 0 Å². The molecule has 24 heavy (non-hydrogen) atoms. The van der Waals surface area contributed by atoms with E-state index in [1.54, 1.807) is 24.3 Å². The first kappa shape index (κ1) is 18.7. The molecule has 2 atom stereocenters. The summed E-state index contributed by atoms with van der Waals surface area (Å²) in [5.41, 5.74) is 0.740. The van der Waals surface area contributed by atoms with Gasteiger partial charge in [-0.05, 0) is 56.5 Å². The molecule has 1 aromatic rings. The van der Waals surface area contributed by atoms with E-state index < -0.39 is 6.10 Å². The largest absolute Gasteiger partial charge is 0.494 e. The van der Waals surface area contributed by atoms with Gasteiger partial charge in [0, 0.05) is 6.54 Å². The van der Waals surface area contributed by atoms with Gasteiger partial charge in [-0.3, -0.25) is 9.18 Å². The topological polar surface area (TPSA) is 61.8 Å². The third kappa shape index (κ3) is 5.76. The molecule has 1 saturated heterocycles. The van der Waals surface area contributed by atoms with E-state index in [2.05, 4.69) is 10.2 Å². The second kappa shape index (κ2) is 10.3. The Morgan fingerprint density at radius 3 is 2.58 bits per heavy atom. The summed E-state index contributed by atoms with van der Waals surface area (Å²) in [4.78, 5) is 13.1. The molecule has 0 bridgehead atoms. The van der Waals surface area contributed by atoms with Crippen molar-refractivity contribution in [2.45, 2.75) is 37.8 Å². The standard InChI is InChI=1S/C18H27FN2O3/c19-9-1-4-12-24-16-7-5-15(6-8-16)18(23)17(20-14-22)13-21-10-2-3-11-21/h5-8,14,17-18,23H,1-4,9-13H2,(H,20,22)/t17-,18-/m1/s1. The number of alkyl halides is 1. The maximum atomic E-state index is 12.0. The molecule has 1 aliphatic rings. The Balaban J connectivity index is 1.90. The number of aliphatic hydroxyl groups excluding tert-OH is 1. The Morgan fingerprint density at radius 2 is 1.96 bits per heavy atom. The fraction of sp³-hybridized carbons (Fsp3) is 0.611. The van der Waals surface area contributed by atoms with E-state index in [1.165, 1.54) is 12.8 Å². The monoisotopic (exact) mass is 338 g/mol. The van der Waals surface area contributed by atoms with Gasteiger partial charge in [-0.2, -0.15) is 0 Å². The van der Waals surface area contributed by atoms with Gasteiger partial charge in [-0.25, -0.2) is 0 Å². The third-order valence-electron chi connectivity index (χ3n) is 4.34. The van der Waals surface area contributed by atoms with Crippen molar-refractivity contribution < 1.29 is 19.0 Å². The summed E-state index contributed by atoms with van der Waals surface area (Å²) < 4.78 is 17.6. The Kier molecular flexibility index (Phi) is 7.98. The van der Waals surface area contributed by atoms with E-state index in [1.807, 2.05) is 0 Å². The highest BCUT2D eigenvalue weighted by molar-refractivity contribution is 5.47. The maximum Gasteiger partial charge on any atom is 0.207 e. The van der Waals surface area contributed by atoms with Gasteiger partial charge in [0.25, 0.3) is 0 Å². The second-order valence-corrected chi connectivity index (χ2v) is 6.16. The van der Waals surface area contributed by atoms with Crippen molar-refractivity contribution in [2.24, 2.45) is 0 Å². The Morgan fingerprint density at radius 1 is 1.25 bits per heavy atom. The number of carbonyl (C=O) groups excluding carboxylic acids is 1. The molecule has 0 unspecified atom stereocenters. The van der Waals surface area contributed by atoms with Gasteiger partial charge in [0.2, 0.25) is 6.41 Å². The number of hydrogen-bond acceptors (Lipinski definition) is 4. The van der Waals surface area contributed by atoms with Gasteiger partial charge in [-0.15, -0.1) is 0 Å². The van der Waals surface area contributed by atoms with Crippen LogP contribution in [0.25, 0.3) is 0 Å². The first-order valence-electron chi connectivity index (χ1n) is 8.63. The quantitative estimate of drug-likeness (QED) is 0.479. The molecule has 0 aliphatic carbocycles. The van der Waals surface area contributed by atoms with Crippen LogP contribution in [0.2, 0.25) is 0 Å². The van der Waals surface area contributed by atoms with Gasteiger partial charge in [0.05, 0.1) is 19.3 Å². The average Bonchev–Trinajstić information content (AvgIpc) is 3.11. The number of carbonyl (C=O) groups is 1. The van der Waals surface area contributed by atoms with Crippen molar-refractivity contribution in [3.05, 3.63) is 29.8 Å². The number of halogens is 1. The second-order valence-electron chi connectivity index (χ2n) is 6.16. The van der Waals surface area contributed by atoms with Crippen LogP contribution in [0.3, 0.4) is 0 Å². The van der Waals surface area contributed by atoms with Crippen LogP contribution in [0.1, 0.15) is 37.4 Å². The maximum absolute atomic E-state index is 12.0. The summed E-state index contributed by atoms with van der Waals surface area (Å²) in [7, 11) is 0. The predicted octanol–water partition coefficient (Wildman–Crippen LogP) is 2.06. The van der Waals surface area contributed by atoms with Gasteiger partial charge in [-0.1, -0.05) is 12.1 Å². The molecule has 0 aromatic heterocycles. The van der Waals surface area contributed by atoms with E-state index in [-0.39, 0.29) is 12.7 Å². The van der Waals surface area contributed by atoms with Crippen molar-refractivity contribution >= 4 is 6.41 Å². The van der Waals surface area contributed by atoms with E-state index in [0.29, 0.717) is 38.2 Å². The number of ether oxygens (including phenoxy) is 1. The lowest BCUT2D eigenvalue weighted by atomic mass is 10.0. The van der Waals surface area contributed by atoms with Crippen LogP contribution in [0.5, 0.6) is 5.75 Å². The molecule has 1 aromatic carbocycles. The molecule has 6 heteroatoms. The first-order chi connectivity index (χ1) is 11.7. The highest BCUT2D eigenvalue weighted by Gasteiger charge is 2.24. The van der Waals surface area contributed by atoms with Crippen molar-refractivity contribution in [2.75, 3.05) is 32.9 Å². The molecule has 2 N–H and O–H groups in total. The van der Waals surface area contributed by atoms with Crippen LogP contribution < -0.4 is 10.1 Å². The minimum absolute atomic E-state index is 0.323. The van der Waals surface area contributed by atoms with E-state index >= 15 is 0 Å². The fourth-order valence-corrected chi connectivity index (χ4v) is 2.95. The van der Waals surface area contributed by atoms with Crippen molar-refractivity contribution in [1.29, 1.82) is 0 Å². The van der Waals surface area contributed by atoms with Gasteiger partial charge >= 0.3 is 0 Å². The molecular formula is C18H27FN2O3. The lowest BCUT2D eigenvalue weighted by Crippen LogP contribution is -2.43. The Hall–Kier alpha value is -1.66. The number of rotatable bonds is 11.